The molecular formula is C13H22N4. The molecule has 1 aromatic rings. The molecule has 4 nitrogen and oxygen atoms in total. The van der Waals surface area contributed by atoms with Crippen molar-refractivity contribution in [2.24, 2.45) is 11.8 Å². The van der Waals surface area contributed by atoms with Gasteiger partial charge in [0.1, 0.15) is 18.0 Å². The van der Waals surface area contributed by atoms with Crippen LogP contribution < -0.4 is 10.2 Å². The van der Waals surface area contributed by atoms with Gasteiger partial charge in [-0.25, -0.2) is 9.97 Å². The largest absolute Gasteiger partial charge is 0.373 e. The Morgan fingerprint density at radius 2 is 1.94 bits per heavy atom. The summed E-state index contributed by atoms with van der Waals surface area (Å²) in [6.07, 6.45) is 2.62. The Morgan fingerprint density at radius 3 is 2.47 bits per heavy atom. The van der Waals surface area contributed by atoms with Gasteiger partial charge in [0.25, 0.3) is 0 Å². The number of anilines is 2. The summed E-state index contributed by atoms with van der Waals surface area (Å²) in [5.74, 6) is 3.56. The number of nitrogens with zero attached hydrogens (tertiary/aromatic N) is 3. The van der Waals surface area contributed by atoms with E-state index in [4.69, 9.17) is 0 Å². The van der Waals surface area contributed by atoms with Crippen molar-refractivity contribution in [3.05, 3.63) is 11.9 Å². The highest BCUT2D eigenvalue weighted by Gasteiger charge is 2.28. The van der Waals surface area contributed by atoms with Crippen LogP contribution in [0, 0.1) is 11.8 Å². The van der Waals surface area contributed by atoms with Crippen LogP contribution in [0.3, 0.4) is 0 Å². The monoisotopic (exact) mass is 234 g/mol. The van der Waals surface area contributed by atoms with Gasteiger partial charge in [0.05, 0.1) is 0 Å². The summed E-state index contributed by atoms with van der Waals surface area (Å²) < 4.78 is 0. The molecule has 0 radical (unpaired) electrons. The van der Waals surface area contributed by atoms with Gasteiger partial charge < -0.3 is 10.2 Å². The fraction of sp³-hybridized carbons (Fsp3) is 0.692. The Kier molecular flexibility index (Phi) is 3.50. The second-order valence-corrected chi connectivity index (χ2v) is 4.99. The van der Waals surface area contributed by atoms with Crippen molar-refractivity contribution >= 4 is 11.6 Å². The first-order chi connectivity index (χ1) is 8.17. The van der Waals surface area contributed by atoms with Crippen LogP contribution in [0.15, 0.2) is 6.33 Å². The van der Waals surface area contributed by atoms with Gasteiger partial charge in [0.15, 0.2) is 0 Å². The number of aromatic nitrogens is 2. The molecule has 1 N–H and O–H groups in total. The Morgan fingerprint density at radius 1 is 1.29 bits per heavy atom. The summed E-state index contributed by atoms with van der Waals surface area (Å²) >= 11 is 0. The standard InChI is InChI=1S/C13H22N4/c1-5-11-12(14-4)15-8-16-13(11)17-6-9(2)10(3)7-17/h8-10H,5-7H2,1-4H3,(H,14,15,16). The molecule has 0 amide bonds. The van der Waals surface area contributed by atoms with E-state index in [1.54, 1.807) is 6.33 Å². The van der Waals surface area contributed by atoms with Gasteiger partial charge in [-0.3, -0.25) is 0 Å². The van der Waals surface area contributed by atoms with Gasteiger partial charge in [0, 0.05) is 25.7 Å². The molecule has 1 fully saturated rings. The molecule has 1 aliphatic heterocycles. The van der Waals surface area contributed by atoms with Crippen LogP contribution in [0.5, 0.6) is 0 Å². The molecule has 0 aromatic carbocycles. The van der Waals surface area contributed by atoms with E-state index in [0.29, 0.717) is 0 Å². The Hall–Kier alpha value is -1.32. The van der Waals surface area contributed by atoms with E-state index >= 15 is 0 Å². The van der Waals surface area contributed by atoms with Gasteiger partial charge in [-0.1, -0.05) is 20.8 Å². The topological polar surface area (TPSA) is 41.1 Å². The summed E-state index contributed by atoms with van der Waals surface area (Å²) in [4.78, 5) is 11.2. The lowest BCUT2D eigenvalue weighted by Gasteiger charge is -2.21. The van der Waals surface area contributed by atoms with Gasteiger partial charge in [-0.15, -0.1) is 0 Å². The summed E-state index contributed by atoms with van der Waals surface area (Å²) in [5.41, 5.74) is 1.23. The van der Waals surface area contributed by atoms with Crippen molar-refractivity contribution in [2.45, 2.75) is 27.2 Å². The Balaban J connectivity index is 2.32. The molecule has 0 spiro atoms. The molecule has 1 saturated heterocycles. The number of rotatable bonds is 3. The molecule has 0 bridgehead atoms. The van der Waals surface area contributed by atoms with Crippen molar-refractivity contribution < 1.29 is 0 Å². The van der Waals surface area contributed by atoms with E-state index in [-0.39, 0.29) is 0 Å². The summed E-state index contributed by atoms with van der Waals surface area (Å²) in [7, 11) is 1.92. The number of hydrogen-bond acceptors (Lipinski definition) is 4. The quantitative estimate of drug-likeness (QED) is 0.870. The summed E-state index contributed by atoms with van der Waals surface area (Å²) in [6.45, 7) is 9.00. The predicted octanol–water partition coefficient (Wildman–Crippen LogP) is 2.17. The van der Waals surface area contributed by atoms with Crippen molar-refractivity contribution in [1.29, 1.82) is 0 Å². The molecule has 2 heterocycles. The second-order valence-electron chi connectivity index (χ2n) is 4.99. The summed E-state index contributed by atoms with van der Waals surface area (Å²) in [6, 6.07) is 0. The molecule has 17 heavy (non-hydrogen) atoms. The maximum Gasteiger partial charge on any atom is 0.137 e. The third kappa shape index (κ3) is 2.21. The third-order valence-corrected chi connectivity index (χ3v) is 3.80. The molecule has 2 rings (SSSR count). The smallest absolute Gasteiger partial charge is 0.137 e. The second kappa shape index (κ2) is 4.90. The molecule has 1 aromatic heterocycles. The lowest BCUT2D eigenvalue weighted by Crippen LogP contribution is -2.23. The SMILES string of the molecule is CCc1c(NC)ncnc1N1CC(C)C(C)C1. The van der Waals surface area contributed by atoms with E-state index in [0.717, 1.165) is 43.0 Å². The van der Waals surface area contributed by atoms with Crippen LogP contribution in [0.2, 0.25) is 0 Å². The third-order valence-electron chi connectivity index (χ3n) is 3.80. The first-order valence-corrected chi connectivity index (χ1v) is 6.43. The van der Waals surface area contributed by atoms with Crippen LogP contribution in [0.1, 0.15) is 26.3 Å². The molecule has 0 aliphatic carbocycles. The highest BCUT2D eigenvalue weighted by molar-refractivity contribution is 5.59. The minimum Gasteiger partial charge on any atom is -0.373 e. The fourth-order valence-electron chi connectivity index (χ4n) is 2.52. The van der Waals surface area contributed by atoms with Crippen molar-refractivity contribution in [1.82, 2.24) is 9.97 Å². The molecule has 2 atom stereocenters. The zero-order valence-corrected chi connectivity index (χ0v) is 11.2. The van der Waals surface area contributed by atoms with Crippen LogP contribution >= 0.6 is 0 Å². The van der Waals surface area contributed by atoms with Crippen LogP contribution in [-0.4, -0.2) is 30.1 Å². The minimum absolute atomic E-state index is 0.743. The number of nitrogens with one attached hydrogen (secondary N) is 1. The first kappa shape index (κ1) is 12.1. The molecule has 94 valence electrons. The maximum atomic E-state index is 4.48. The van der Waals surface area contributed by atoms with E-state index in [1.807, 2.05) is 7.05 Å². The normalized spacial score (nSPS) is 24.1. The molecule has 0 saturated carbocycles. The van der Waals surface area contributed by atoms with Crippen LogP contribution in [0.25, 0.3) is 0 Å². The zero-order chi connectivity index (χ0) is 12.4. The Labute approximate surface area is 103 Å². The van der Waals surface area contributed by atoms with E-state index in [9.17, 15) is 0 Å². The lowest BCUT2D eigenvalue weighted by molar-refractivity contribution is 0.494. The summed E-state index contributed by atoms with van der Waals surface area (Å²) in [5, 5.41) is 3.16. The average molecular weight is 234 g/mol. The minimum atomic E-state index is 0.743. The van der Waals surface area contributed by atoms with E-state index in [1.165, 1.54) is 5.56 Å². The van der Waals surface area contributed by atoms with E-state index in [2.05, 4.69) is 41.0 Å². The Bertz CT molecular complexity index is 381. The average Bonchev–Trinajstić information content (AvgIpc) is 2.68. The molecule has 1 aliphatic rings. The molecular weight excluding hydrogens is 212 g/mol. The first-order valence-electron chi connectivity index (χ1n) is 6.43. The van der Waals surface area contributed by atoms with Gasteiger partial charge in [0.2, 0.25) is 0 Å². The highest BCUT2D eigenvalue weighted by Crippen LogP contribution is 2.30. The predicted molar refractivity (Wildman–Crippen MR) is 71.5 cm³/mol. The van der Waals surface area contributed by atoms with Gasteiger partial charge in [-0.2, -0.15) is 0 Å². The maximum absolute atomic E-state index is 4.48. The van der Waals surface area contributed by atoms with Crippen LogP contribution in [0.4, 0.5) is 11.6 Å². The number of hydrogen-bond donors (Lipinski definition) is 1. The molecule has 2 unspecified atom stereocenters. The van der Waals surface area contributed by atoms with Crippen molar-refractivity contribution in [3.63, 3.8) is 0 Å². The van der Waals surface area contributed by atoms with Crippen molar-refractivity contribution in [2.75, 3.05) is 30.4 Å². The highest BCUT2D eigenvalue weighted by atomic mass is 15.2. The molecule has 4 heteroatoms. The zero-order valence-electron chi connectivity index (χ0n) is 11.2. The van der Waals surface area contributed by atoms with Gasteiger partial charge in [-0.05, 0) is 18.3 Å². The van der Waals surface area contributed by atoms with Crippen molar-refractivity contribution in [3.8, 4) is 0 Å². The van der Waals surface area contributed by atoms with Gasteiger partial charge >= 0.3 is 0 Å². The van der Waals surface area contributed by atoms with Crippen LogP contribution in [-0.2, 0) is 6.42 Å². The fourth-order valence-corrected chi connectivity index (χ4v) is 2.52. The lowest BCUT2D eigenvalue weighted by atomic mass is 10.0. The van der Waals surface area contributed by atoms with E-state index < -0.39 is 0 Å².